The van der Waals surface area contributed by atoms with E-state index in [2.05, 4.69) is 16.2 Å². The maximum absolute atomic E-state index is 12.1. The number of ether oxygens (including phenoxy) is 3. The maximum atomic E-state index is 12.1. The number of amides is 2. The topological polar surface area (TPSA) is 97.9 Å². The van der Waals surface area contributed by atoms with Crippen LogP contribution in [0.3, 0.4) is 0 Å². The third-order valence-electron chi connectivity index (χ3n) is 4.11. The molecule has 2 amide bonds. The minimum absolute atomic E-state index is 0.00244. The number of anilines is 1. The summed E-state index contributed by atoms with van der Waals surface area (Å²) in [5.74, 6) is 0.970. The molecule has 9 heteroatoms. The molecule has 1 aliphatic heterocycles. The van der Waals surface area contributed by atoms with Crippen LogP contribution in [0.15, 0.2) is 36.4 Å². The fourth-order valence-corrected chi connectivity index (χ4v) is 2.98. The highest BCUT2D eigenvalue weighted by molar-refractivity contribution is 6.32. The third-order valence-corrected chi connectivity index (χ3v) is 4.39. The standard InChI is InChI=1S/C20H22ClN3O5/c1-27-15-5-3-14(4-6-15)22-12-19(26)24-23-18(25)11-13-9-16(21)20-17(10-13)28-7-2-8-29-20/h3-6,9-10,22H,2,7-8,11-12H2,1H3,(H,23,25)(H,24,26). The first-order valence-corrected chi connectivity index (χ1v) is 9.46. The second-order valence-corrected chi connectivity index (χ2v) is 6.72. The fourth-order valence-electron chi connectivity index (χ4n) is 2.69. The summed E-state index contributed by atoms with van der Waals surface area (Å²) < 4.78 is 16.3. The Kier molecular flexibility index (Phi) is 7.02. The van der Waals surface area contributed by atoms with E-state index in [9.17, 15) is 9.59 Å². The van der Waals surface area contributed by atoms with Crippen LogP contribution in [-0.2, 0) is 16.0 Å². The van der Waals surface area contributed by atoms with Crippen LogP contribution in [-0.4, -0.2) is 38.7 Å². The normalized spacial score (nSPS) is 12.5. The van der Waals surface area contributed by atoms with Crippen LogP contribution in [0.2, 0.25) is 5.02 Å². The summed E-state index contributed by atoms with van der Waals surface area (Å²) in [4.78, 5) is 24.0. The Morgan fingerprint density at radius 2 is 1.79 bits per heavy atom. The van der Waals surface area contributed by atoms with Crippen molar-refractivity contribution in [3.05, 3.63) is 47.0 Å². The van der Waals surface area contributed by atoms with E-state index in [4.69, 9.17) is 25.8 Å². The van der Waals surface area contributed by atoms with Gasteiger partial charge in [0.25, 0.3) is 5.91 Å². The molecule has 3 rings (SSSR count). The molecule has 0 spiro atoms. The molecule has 29 heavy (non-hydrogen) atoms. The van der Waals surface area contributed by atoms with Crippen molar-refractivity contribution in [2.24, 2.45) is 0 Å². The molecule has 0 saturated carbocycles. The van der Waals surface area contributed by atoms with E-state index in [1.54, 1.807) is 43.5 Å². The van der Waals surface area contributed by atoms with E-state index in [-0.39, 0.29) is 24.8 Å². The van der Waals surface area contributed by atoms with Crippen molar-refractivity contribution in [1.82, 2.24) is 10.9 Å². The van der Waals surface area contributed by atoms with E-state index in [0.717, 1.165) is 17.9 Å². The van der Waals surface area contributed by atoms with Gasteiger partial charge < -0.3 is 19.5 Å². The zero-order valence-corrected chi connectivity index (χ0v) is 16.7. The molecule has 1 aliphatic rings. The monoisotopic (exact) mass is 419 g/mol. The number of nitrogens with one attached hydrogen (secondary N) is 3. The van der Waals surface area contributed by atoms with Gasteiger partial charge in [-0.25, -0.2) is 0 Å². The van der Waals surface area contributed by atoms with E-state index in [1.807, 2.05) is 0 Å². The van der Waals surface area contributed by atoms with Crippen molar-refractivity contribution in [1.29, 1.82) is 0 Å². The van der Waals surface area contributed by atoms with E-state index >= 15 is 0 Å². The van der Waals surface area contributed by atoms with Crippen LogP contribution < -0.4 is 30.4 Å². The molecule has 2 aromatic rings. The Bertz CT molecular complexity index is 873. The molecule has 0 fully saturated rings. The molecule has 0 saturated heterocycles. The van der Waals surface area contributed by atoms with Crippen LogP contribution in [0.25, 0.3) is 0 Å². The summed E-state index contributed by atoms with van der Waals surface area (Å²) in [5.41, 5.74) is 6.16. The van der Waals surface area contributed by atoms with Gasteiger partial charge in [-0.2, -0.15) is 0 Å². The Morgan fingerprint density at radius 3 is 2.55 bits per heavy atom. The largest absolute Gasteiger partial charge is 0.497 e. The smallest absolute Gasteiger partial charge is 0.257 e. The molecule has 1 heterocycles. The number of benzene rings is 2. The molecular weight excluding hydrogens is 398 g/mol. The fraction of sp³-hybridized carbons (Fsp3) is 0.300. The molecule has 0 aliphatic carbocycles. The first-order valence-electron chi connectivity index (χ1n) is 9.09. The molecule has 0 radical (unpaired) electrons. The molecule has 0 unspecified atom stereocenters. The van der Waals surface area contributed by atoms with Crippen LogP contribution >= 0.6 is 11.6 Å². The molecule has 0 aromatic heterocycles. The number of carbonyl (C=O) groups is 2. The van der Waals surface area contributed by atoms with Crippen LogP contribution in [0.5, 0.6) is 17.2 Å². The summed E-state index contributed by atoms with van der Waals surface area (Å²) in [6.45, 7) is 1.06. The van der Waals surface area contributed by atoms with Crippen molar-refractivity contribution in [3.8, 4) is 17.2 Å². The van der Waals surface area contributed by atoms with Crippen molar-refractivity contribution < 1.29 is 23.8 Å². The lowest BCUT2D eigenvalue weighted by molar-refractivity contribution is -0.127. The second-order valence-electron chi connectivity index (χ2n) is 6.31. The quantitative estimate of drug-likeness (QED) is 0.621. The number of methoxy groups -OCH3 is 1. The van der Waals surface area contributed by atoms with Gasteiger partial charge in [-0.05, 0) is 42.0 Å². The lowest BCUT2D eigenvalue weighted by atomic mass is 10.1. The van der Waals surface area contributed by atoms with Crippen LogP contribution in [0.4, 0.5) is 5.69 Å². The number of rotatable bonds is 6. The predicted octanol–water partition coefficient (Wildman–Crippen LogP) is 2.31. The Hall–Kier alpha value is -3.13. The minimum Gasteiger partial charge on any atom is -0.497 e. The lowest BCUT2D eigenvalue weighted by Gasteiger charge is -2.12. The zero-order chi connectivity index (χ0) is 20.6. The minimum atomic E-state index is -0.383. The number of hydrazine groups is 1. The molecule has 2 aromatic carbocycles. The number of carbonyl (C=O) groups excluding carboxylic acids is 2. The molecule has 154 valence electrons. The van der Waals surface area contributed by atoms with Gasteiger partial charge in [0.15, 0.2) is 11.5 Å². The van der Waals surface area contributed by atoms with Crippen molar-refractivity contribution >= 4 is 29.1 Å². The summed E-state index contributed by atoms with van der Waals surface area (Å²) >= 11 is 6.23. The number of hydrogen-bond donors (Lipinski definition) is 3. The van der Waals surface area contributed by atoms with Crippen LogP contribution in [0, 0.1) is 0 Å². The maximum Gasteiger partial charge on any atom is 0.257 e. The molecule has 0 atom stereocenters. The Balaban J connectivity index is 1.46. The highest BCUT2D eigenvalue weighted by Gasteiger charge is 2.17. The molecule has 8 nitrogen and oxygen atoms in total. The third kappa shape index (κ3) is 5.92. The number of fused-ring (bicyclic) bond motifs is 1. The van der Waals surface area contributed by atoms with Gasteiger partial charge in [0.2, 0.25) is 5.91 Å². The zero-order valence-electron chi connectivity index (χ0n) is 15.9. The number of hydrogen-bond acceptors (Lipinski definition) is 6. The molecule has 3 N–H and O–H groups in total. The second kappa shape index (κ2) is 9.88. The first-order chi connectivity index (χ1) is 14.0. The summed E-state index contributed by atoms with van der Waals surface area (Å²) in [6.07, 6.45) is 0.792. The molecule has 0 bridgehead atoms. The number of halogens is 1. The average molecular weight is 420 g/mol. The average Bonchev–Trinajstić information content (AvgIpc) is 2.97. The van der Waals surface area contributed by atoms with Crippen molar-refractivity contribution in [3.63, 3.8) is 0 Å². The molecular formula is C20H22ClN3O5. The van der Waals surface area contributed by atoms with Gasteiger partial charge in [0.05, 0.1) is 38.3 Å². The highest BCUT2D eigenvalue weighted by Crippen LogP contribution is 2.38. The SMILES string of the molecule is COc1ccc(NCC(=O)NNC(=O)Cc2cc(Cl)c3c(c2)OCCCO3)cc1. The van der Waals surface area contributed by atoms with Gasteiger partial charge in [-0.1, -0.05) is 11.6 Å². The van der Waals surface area contributed by atoms with Gasteiger partial charge in [0, 0.05) is 12.1 Å². The van der Waals surface area contributed by atoms with E-state index in [1.165, 1.54) is 0 Å². The van der Waals surface area contributed by atoms with E-state index < -0.39 is 0 Å². The van der Waals surface area contributed by atoms with Crippen LogP contribution in [0.1, 0.15) is 12.0 Å². The van der Waals surface area contributed by atoms with E-state index in [0.29, 0.717) is 35.3 Å². The Morgan fingerprint density at radius 1 is 1.07 bits per heavy atom. The summed E-state index contributed by atoms with van der Waals surface area (Å²) in [6, 6.07) is 10.5. The van der Waals surface area contributed by atoms with Gasteiger partial charge in [-0.15, -0.1) is 0 Å². The summed E-state index contributed by atoms with van der Waals surface area (Å²) in [5, 5.41) is 3.34. The first kappa shape index (κ1) is 20.6. The highest BCUT2D eigenvalue weighted by atomic mass is 35.5. The Labute approximate surface area is 173 Å². The van der Waals surface area contributed by atoms with Gasteiger partial charge in [0.1, 0.15) is 5.75 Å². The van der Waals surface area contributed by atoms with Crippen molar-refractivity contribution in [2.75, 3.05) is 32.2 Å². The van der Waals surface area contributed by atoms with Gasteiger partial charge in [-0.3, -0.25) is 20.4 Å². The lowest BCUT2D eigenvalue weighted by Crippen LogP contribution is -2.44. The van der Waals surface area contributed by atoms with Gasteiger partial charge >= 0.3 is 0 Å². The van der Waals surface area contributed by atoms with Crippen molar-refractivity contribution in [2.45, 2.75) is 12.8 Å². The predicted molar refractivity (Wildman–Crippen MR) is 109 cm³/mol. The summed E-state index contributed by atoms with van der Waals surface area (Å²) in [7, 11) is 1.58.